The number of piperidine rings is 1. The first-order valence-corrected chi connectivity index (χ1v) is 12.1. The topological polar surface area (TPSA) is 104 Å². The molecular formula is C21H28N4O5S. The maximum atomic E-state index is 13.1. The lowest BCUT2D eigenvalue weighted by Crippen LogP contribution is -2.38. The molecule has 2 heterocycles. The second kappa shape index (κ2) is 8.58. The summed E-state index contributed by atoms with van der Waals surface area (Å²) in [5.74, 6) is 0.343. The molecule has 0 spiro atoms. The van der Waals surface area contributed by atoms with Crippen molar-refractivity contribution in [1.82, 2.24) is 18.7 Å². The van der Waals surface area contributed by atoms with E-state index >= 15 is 0 Å². The summed E-state index contributed by atoms with van der Waals surface area (Å²) in [4.78, 5) is 24.4. The molecule has 31 heavy (non-hydrogen) atoms. The number of nitrogens with zero attached hydrogens (tertiary/aromatic N) is 4. The van der Waals surface area contributed by atoms with Gasteiger partial charge in [0.15, 0.2) is 0 Å². The van der Waals surface area contributed by atoms with Gasteiger partial charge in [-0.25, -0.2) is 22.7 Å². The van der Waals surface area contributed by atoms with Gasteiger partial charge < -0.3 is 4.74 Å². The molecule has 1 aromatic heterocycles. The van der Waals surface area contributed by atoms with Gasteiger partial charge in [0.1, 0.15) is 5.82 Å². The maximum Gasteiger partial charge on any atom is 0.345 e. The van der Waals surface area contributed by atoms with Crippen LogP contribution in [0.4, 0.5) is 0 Å². The fourth-order valence-electron chi connectivity index (χ4n) is 4.67. The standard InChI is InChI=1S/C21H28N4O5S/c1-23-21(27)25(17-5-3-4-6-17)19(22-23)15-11-13-24(14-12-15)31(28,29)18-9-7-16(8-10-18)20(26)30-2/h7-10,15,17H,3-6,11-14H2,1-2H3. The molecule has 1 saturated heterocycles. The van der Waals surface area contributed by atoms with E-state index in [1.807, 2.05) is 4.57 Å². The molecule has 2 aromatic rings. The molecule has 0 bridgehead atoms. The zero-order valence-electron chi connectivity index (χ0n) is 17.9. The molecule has 0 unspecified atom stereocenters. The second-order valence-corrected chi connectivity index (χ2v) is 10.2. The predicted octanol–water partition coefficient (Wildman–Crippen LogP) is 2.05. The Morgan fingerprint density at radius 3 is 2.26 bits per heavy atom. The highest BCUT2D eigenvalue weighted by Gasteiger charge is 2.34. The van der Waals surface area contributed by atoms with Crippen LogP contribution in [-0.2, 0) is 21.8 Å². The summed E-state index contributed by atoms with van der Waals surface area (Å²) >= 11 is 0. The quantitative estimate of drug-likeness (QED) is 0.649. The number of aromatic nitrogens is 3. The summed E-state index contributed by atoms with van der Waals surface area (Å²) < 4.78 is 35.5. The fourth-order valence-corrected chi connectivity index (χ4v) is 6.14. The van der Waals surface area contributed by atoms with Gasteiger partial charge in [-0.1, -0.05) is 12.8 Å². The lowest BCUT2D eigenvalue weighted by atomic mass is 9.97. The first kappa shape index (κ1) is 21.8. The summed E-state index contributed by atoms with van der Waals surface area (Å²) in [7, 11) is -0.700. The van der Waals surface area contributed by atoms with Crippen LogP contribution in [0.3, 0.4) is 0 Å². The molecule has 10 heteroatoms. The second-order valence-electron chi connectivity index (χ2n) is 8.27. The maximum absolute atomic E-state index is 13.1. The molecule has 1 aliphatic heterocycles. The molecule has 0 atom stereocenters. The van der Waals surface area contributed by atoms with Crippen LogP contribution >= 0.6 is 0 Å². The van der Waals surface area contributed by atoms with Crippen molar-refractivity contribution < 1.29 is 17.9 Å². The van der Waals surface area contributed by atoms with Gasteiger partial charge in [0.2, 0.25) is 10.0 Å². The zero-order valence-corrected chi connectivity index (χ0v) is 18.7. The third kappa shape index (κ3) is 4.06. The van der Waals surface area contributed by atoms with Crippen molar-refractivity contribution in [3.05, 3.63) is 46.1 Å². The van der Waals surface area contributed by atoms with Crippen LogP contribution in [0, 0.1) is 0 Å². The average molecular weight is 449 g/mol. The van der Waals surface area contributed by atoms with E-state index in [0.717, 1.165) is 31.5 Å². The van der Waals surface area contributed by atoms with Crippen LogP contribution in [-0.4, -0.2) is 53.2 Å². The van der Waals surface area contributed by atoms with Crippen LogP contribution in [0.25, 0.3) is 0 Å². The Morgan fingerprint density at radius 1 is 1.06 bits per heavy atom. The molecule has 168 valence electrons. The number of sulfonamides is 1. The van der Waals surface area contributed by atoms with Crippen molar-refractivity contribution in [2.24, 2.45) is 7.05 Å². The molecule has 0 N–H and O–H groups in total. The Kier molecular flexibility index (Phi) is 6.02. The van der Waals surface area contributed by atoms with Crippen LogP contribution in [0.5, 0.6) is 0 Å². The Morgan fingerprint density at radius 2 is 1.68 bits per heavy atom. The molecule has 2 aliphatic rings. The van der Waals surface area contributed by atoms with E-state index in [0.29, 0.717) is 31.5 Å². The minimum absolute atomic E-state index is 0.0580. The van der Waals surface area contributed by atoms with Gasteiger partial charge in [0, 0.05) is 32.1 Å². The molecule has 0 amide bonds. The minimum Gasteiger partial charge on any atom is -0.465 e. The van der Waals surface area contributed by atoms with Gasteiger partial charge in [-0.15, -0.1) is 0 Å². The van der Waals surface area contributed by atoms with Gasteiger partial charge in [0.05, 0.1) is 17.6 Å². The number of methoxy groups -OCH3 is 1. The largest absolute Gasteiger partial charge is 0.465 e. The summed E-state index contributed by atoms with van der Waals surface area (Å²) in [6, 6.07) is 5.99. The number of hydrogen-bond acceptors (Lipinski definition) is 6. The Bertz CT molecular complexity index is 1110. The molecule has 0 radical (unpaired) electrons. The van der Waals surface area contributed by atoms with Gasteiger partial charge >= 0.3 is 11.7 Å². The van der Waals surface area contributed by atoms with Crippen molar-refractivity contribution in [2.45, 2.75) is 55.4 Å². The monoisotopic (exact) mass is 448 g/mol. The Labute approximate surface area is 181 Å². The number of aryl methyl sites for hydroxylation is 1. The van der Waals surface area contributed by atoms with Crippen molar-refractivity contribution in [1.29, 1.82) is 0 Å². The lowest BCUT2D eigenvalue weighted by molar-refractivity contribution is 0.0600. The van der Waals surface area contributed by atoms with E-state index in [9.17, 15) is 18.0 Å². The van der Waals surface area contributed by atoms with E-state index in [1.54, 1.807) is 7.05 Å². The highest BCUT2D eigenvalue weighted by atomic mass is 32.2. The van der Waals surface area contributed by atoms with E-state index in [-0.39, 0.29) is 22.5 Å². The first-order chi connectivity index (χ1) is 14.8. The van der Waals surface area contributed by atoms with Crippen LogP contribution < -0.4 is 5.69 Å². The highest BCUT2D eigenvalue weighted by molar-refractivity contribution is 7.89. The molecule has 4 rings (SSSR count). The third-order valence-electron chi connectivity index (χ3n) is 6.40. The van der Waals surface area contributed by atoms with Gasteiger partial charge in [0.25, 0.3) is 0 Å². The van der Waals surface area contributed by atoms with E-state index in [2.05, 4.69) is 9.84 Å². The normalized spacial score (nSPS) is 19.0. The summed E-state index contributed by atoms with van der Waals surface area (Å²) in [5, 5.41) is 4.51. The molecular weight excluding hydrogens is 420 g/mol. The number of rotatable bonds is 5. The molecule has 1 saturated carbocycles. The number of esters is 1. The smallest absolute Gasteiger partial charge is 0.345 e. The van der Waals surface area contributed by atoms with Gasteiger partial charge in [-0.3, -0.25) is 4.57 Å². The van der Waals surface area contributed by atoms with E-state index in [4.69, 9.17) is 0 Å². The number of hydrogen-bond donors (Lipinski definition) is 0. The molecule has 1 aromatic carbocycles. The van der Waals surface area contributed by atoms with Gasteiger partial charge in [-0.2, -0.15) is 9.40 Å². The average Bonchev–Trinajstić information content (AvgIpc) is 3.41. The van der Waals surface area contributed by atoms with Crippen LogP contribution in [0.1, 0.15) is 66.7 Å². The van der Waals surface area contributed by atoms with Crippen molar-refractivity contribution in [3.8, 4) is 0 Å². The van der Waals surface area contributed by atoms with Crippen LogP contribution in [0.15, 0.2) is 34.0 Å². The number of carbonyl (C=O) groups excluding carboxylic acids is 1. The van der Waals surface area contributed by atoms with Gasteiger partial charge in [-0.05, 0) is 49.9 Å². The molecule has 9 nitrogen and oxygen atoms in total. The number of carbonyl (C=O) groups is 1. The third-order valence-corrected chi connectivity index (χ3v) is 8.32. The minimum atomic E-state index is -3.66. The van der Waals surface area contributed by atoms with Crippen molar-refractivity contribution in [3.63, 3.8) is 0 Å². The number of ether oxygens (including phenoxy) is 1. The Hall–Kier alpha value is -2.46. The number of benzene rings is 1. The first-order valence-electron chi connectivity index (χ1n) is 10.7. The molecule has 2 fully saturated rings. The van der Waals surface area contributed by atoms with Crippen molar-refractivity contribution >= 4 is 16.0 Å². The molecule has 1 aliphatic carbocycles. The summed E-state index contributed by atoms with van der Waals surface area (Å²) in [6.07, 6.45) is 5.46. The fraction of sp³-hybridized carbons (Fsp3) is 0.571. The predicted molar refractivity (Wildman–Crippen MR) is 113 cm³/mol. The van der Waals surface area contributed by atoms with E-state index in [1.165, 1.54) is 40.4 Å². The van der Waals surface area contributed by atoms with Crippen molar-refractivity contribution in [2.75, 3.05) is 20.2 Å². The zero-order chi connectivity index (χ0) is 22.2. The Balaban J connectivity index is 1.49. The highest BCUT2D eigenvalue weighted by Crippen LogP contribution is 2.34. The van der Waals surface area contributed by atoms with E-state index < -0.39 is 16.0 Å². The summed E-state index contributed by atoms with van der Waals surface area (Å²) in [5.41, 5.74) is 0.225. The summed E-state index contributed by atoms with van der Waals surface area (Å²) in [6.45, 7) is 0.725. The lowest BCUT2D eigenvalue weighted by Gasteiger charge is -2.31. The SMILES string of the molecule is COC(=O)c1ccc(S(=O)(=O)N2CCC(c3nn(C)c(=O)n3C3CCCC3)CC2)cc1. The van der Waals surface area contributed by atoms with Crippen LogP contribution in [0.2, 0.25) is 0 Å².